The minimum absolute atomic E-state index is 0.721. The van der Waals surface area contributed by atoms with Gasteiger partial charge in [0.2, 0.25) is 0 Å². The molecule has 5 heteroatoms. The quantitative estimate of drug-likeness (QED) is 0.884. The normalized spacial score (nSPS) is 10.8. The summed E-state index contributed by atoms with van der Waals surface area (Å²) in [5.74, 6) is 0.970. The fourth-order valence-electron chi connectivity index (χ4n) is 2.22. The van der Waals surface area contributed by atoms with Gasteiger partial charge in [-0.25, -0.2) is 0 Å². The first-order valence-electron chi connectivity index (χ1n) is 6.89. The van der Waals surface area contributed by atoms with Gasteiger partial charge in [-0.05, 0) is 55.9 Å². The van der Waals surface area contributed by atoms with Crippen LogP contribution in [0.5, 0.6) is 5.75 Å². The number of H-pyrrole nitrogens is 1. The number of aromatic nitrogens is 3. The Morgan fingerprint density at radius 3 is 2.75 bits per heavy atom. The van der Waals surface area contributed by atoms with E-state index < -0.39 is 0 Å². The monoisotopic (exact) mass is 293 g/mol. The fourth-order valence-corrected chi connectivity index (χ4v) is 2.50. The number of hydrogen-bond acceptors (Lipinski definition) is 3. The smallest absolute Gasteiger partial charge is 0.125 e. The van der Waals surface area contributed by atoms with Crippen molar-refractivity contribution in [1.82, 2.24) is 15.4 Å². The molecule has 0 saturated carbocycles. The SMILES string of the molecule is CCCOc1c(C)cc(Cl)c(C)c1CCc1cn[nH]n1. The number of ether oxygens (including phenoxy) is 1. The van der Waals surface area contributed by atoms with E-state index in [1.807, 2.05) is 19.9 Å². The summed E-state index contributed by atoms with van der Waals surface area (Å²) in [6.07, 6.45) is 4.40. The van der Waals surface area contributed by atoms with Crippen molar-refractivity contribution in [2.75, 3.05) is 6.61 Å². The van der Waals surface area contributed by atoms with Crippen molar-refractivity contribution in [3.05, 3.63) is 39.7 Å². The first kappa shape index (κ1) is 14.9. The van der Waals surface area contributed by atoms with Gasteiger partial charge in [0.15, 0.2) is 0 Å². The lowest BCUT2D eigenvalue weighted by Gasteiger charge is -2.17. The van der Waals surface area contributed by atoms with Gasteiger partial charge in [0.25, 0.3) is 0 Å². The topological polar surface area (TPSA) is 50.8 Å². The summed E-state index contributed by atoms with van der Waals surface area (Å²) < 4.78 is 5.92. The molecule has 4 nitrogen and oxygen atoms in total. The predicted molar refractivity (Wildman–Crippen MR) is 80.5 cm³/mol. The highest BCUT2D eigenvalue weighted by Gasteiger charge is 2.14. The molecule has 0 amide bonds. The van der Waals surface area contributed by atoms with Crippen LogP contribution in [-0.2, 0) is 12.8 Å². The van der Waals surface area contributed by atoms with Gasteiger partial charge in [-0.1, -0.05) is 18.5 Å². The first-order chi connectivity index (χ1) is 9.63. The molecule has 0 aliphatic rings. The zero-order valence-electron chi connectivity index (χ0n) is 12.2. The predicted octanol–water partition coefficient (Wildman–Crippen LogP) is 3.65. The number of halogens is 1. The van der Waals surface area contributed by atoms with Crippen molar-refractivity contribution in [3.8, 4) is 5.75 Å². The maximum atomic E-state index is 6.30. The zero-order chi connectivity index (χ0) is 14.5. The maximum absolute atomic E-state index is 6.30. The van der Waals surface area contributed by atoms with Crippen LogP contribution in [0.1, 0.15) is 35.7 Å². The average molecular weight is 294 g/mol. The number of nitrogens with one attached hydrogen (secondary N) is 1. The lowest BCUT2D eigenvalue weighted by Crippen LogP contribution is -2.05. The van der Waals surface area contributed by atoms with Crippen LogP contribution in [0.25, 0.3) is 0 Å². The highest BCUT2D eigenvalue weighted by molar-refractivity contribution is 6.31. The minimum atomic E-state index is 0.721. The van der Waals surface area contributed by atoms with Crippen LogP contribution in [0.15, 0.2) is 12.3 Å². The molecule has 108 valence electrons. The van der Waals surface area contributed by atoms with Gasteiger partial charge in [-0.2, -0.15) is 15.4 Å². The second-order valence-electron chi connectivity index (χ2n) is 4.92. The number of benzene rings is 1. The van der Waals surface area contributed by atoms with Gasteiger partial charge < -0.3 is 4.74 Å². The summed E-state index contributed by atoms with van der Waals surface area (Å²) in [5.41, 5.74) is 4.30. The van der Waals surface area contributed by atoms with Crippen molar-refractivity contribution in [2.24, 2.45) is 0 Å². The van der Waals surface area contributed by atoms with E-state index in [4.69, 9.17) is 16.3 Å². The third kappa shape index (κ3) is 3.31. The minimum Gasteiger partial charge on any atom is -0.493 e. The molecule has 1 heterocycles. The molecule has 1 aromatic carbocycles. The van der Waals surface area contributed by atoms with E-state index in [1.165, 1.54) is 5.56 Å². The Hall–Kier alpha value is -1.55. The average Bonchev–Trinajstić information content (AvgIpc) is 2.93. The summed E-state index contributed by atoms with van der Waals surface area (Å²) in [6.45, 7) is 6.90. The zero-order valence-corrected chi connectivity index (χ0v) is 12.9. The van der Waals surface area contributed by atoms with Crippen LogP contribution in [0.4, 0.5) is 0 Å². The Morgan fingerprint density at radius 2 is 2.10 bits per heavy atom. The van der Waals surface area contributed by atoms with Crippen LogP contribution in [0, 0.1) is 13.8 Å². The van der Waals surface area contributed by atoms with Gasteiger partial charge in [-0.3, -0.25) is 0 Å². The number of hydrogen-bond donors (Lipinski definition) is 1. The van der Waals surface area contributed by atoms with Gasteiger partial charge in [-0.15, -0.1) is 0 Å². The second kappa shape index (κ2) is 6.75. The molecule has 20 heavy (non-hydrogen) atoms. The number of aryl methyl sites for hydroxylation is 2. The molecule has 0 atom stereocenters. The fraction of sp³-hybridized carbons (Fsp3) is 0.467. The first-order valence-corrected chi connectivity index (χ1v) is 7.27. The van der Waals surface area contributed by atoms with E-state index >= 15 is 0 Å². The Balaban J connectivity index is 2.27. The van der Waals surface area contributed by atoms with Crippen molar-refractivity contribution in [1.29, 1.82) is 0 Å². The van der Waals surface area contributed by atoms with Gasteiger partial charge in [0.05, 0.1) is 18.5 Å². The molecule has 1 aromatic heterocycles. The molecular weight excluding hydrogens is 274 g/mol. The molecular formula is C15H20ClN3O. The largest absolute Gasteiger partial charge is 0.493 e. The van der Waals surface area contributed by atoms with Crippen LogP contribution in [0.3, 0.4) is 0 Å². The molecule has 0 aliphatic heterocycles. The van der Waals surface area contributed by atoms with Crippen LogP contribution < -0.4 is 4.74 Å². The Labute approximate surface area is 124 Å². The Morgan fingerprint density at radius 1 is 1.30 bits per heavy atom. The molecule has 2 rings (SSSR count). The summed E-state index contributed by atoms with van der Waals surface area (Å²) in [4.78, 5) is 0. The molecule has 0 aliphatic carbocycles. The van der Waals surface area contributed by atoms with Crippen LogP contribution in [-0.4, -0.2) is 22.0 Å². The third-order valence-electron chi connectivity index (χ3n) is 3.33. The Bertz CT molecular complexity index is 567. The molecule has 0 fully saturated rings. The van der Waals surface area contributed by atoms with E-state index in [9.17, 15) is 0 Å². The molecule has 0 unspecified atom stereocenters. The highest BCUT2D eigenvalue weighted by Crippen LogP contribution is 2.33. The van der Waals surface area contributed by atoms with E-state index in [0.717, 1.165) is 53.5 Å². The molecule has 1 N–H and O–H groups in total. The van der Waals surface area contributed by atoms with Crippen molar-refractivity contribution in [3.63, 3.8) is 0 Å². The summed E-state index contributed by atoms with van der Waals surface area (Å²) >= 11 is 6.30. The number of rotatable bonds is 6. The summed E-state index contributed by atoms with van der Waals surface area (Å²) in [6, 6.07) is 1.97. The van der Waals surface area contributed by atoms with Crippen LogP contribution in [0.2, 0.25) is 5.02 Å². The van der Waals surface area contributed by atoms with E-state index in [-0.39, 0.29) is 0 Å². The maximum Gasteiger partial charge on any atom is 0.125 e. The molecule has 0 spiro atoms. The highest BCUT2D eigenvalue weighted by atomic mass is 35.5. The van der Waals surface area contributed by atoms with Gasteiger partial charge >= 0.3 is 0 Å². The van der Waals surface area contributed by atoms with Crippen molar-refractivity contribution in [2.45, 2.75) is 40.0 Å². The summed E-state index contributed by atoms with van der Waals surface area (Å²) in [5, 5.41) is 11.3. The molecule has 0 bridgehead atoms. The van der Waals surface area contributed by atoms with Crippen molar-refractivity contribution >= 4 is 11.6 Å². The lowest BCUT2D eigenvalue weighted by molar-refractivity contribution is 0.311. The Kier molecular flexibility index (Phi) is 5.01. The van der Waals surface area contributed by atoms with E-state index in [1.54, 1.807) is 6.20 Å². The molecule has 0 radical (unpaired) electrons. The van der Waals surface area contributed by atoms with Crippen molar-refractivity contribution < 1.29 is 4.74 Å². The lowest BCUT2D eigenvalue weighted by atomic mass is 9.98. The van der Waals surface area contributed by atoms with Crippen LogP contribution >= 0.6 is 11.6 Å². The van der Waals surface area contributed by atoms with Gasteiger partial charge in [0, 0.05) is 5.02 Å². The standard InChI is InChI=1S/C15H20ClN3O/c1-4-7-20-15-10(2)8-14(16)11(3)13(15)6-5-12-9-17-19-18-12/h8-9H,4-7H2,1-3H3,(H,17,18,19). The molecule has 2 aromatic rings. The number of aromatic amines is 1. The van der Waals surface area contributed by atoms with E-state index in [2.05, 4.69) is 22.3 Å². The second-order valence-corrected chi connectivity index (χ2v) is 5.32. The van der Waals surface area contributed by atoms with Gasteiger partial charge in [0.1, 0.15) is 5.75 Å². The third-order valence-corrected chi connectivity index (χ3v) is 3.73. The number of nitrogens with zero attached hydrogens (tertiary/aromatic N) is 2. The molecule has 0 saturated heterocycles. The van der Waals surface area contributed by atoms with E-state index in [0.29, 0.717) is 0 Å². The summed E-state index contributed by atoms with van der Waals surface area (Å²) in [7, 11) is 0.